The molecule has 258 valence electrons. The lowest BCUT2D eigenvalue weighted by molar-refractivity contribution is -0.128. The van der Waals surface area contributed by atoms with Crippen molar-refractivity contribution in [2.75, 3.05) is 38.2 Å². The fraction of sp³-hybridized carbons (Fsp3) is 0.395. The second-order valence-corrected chi connectivity index (χ2v) is 13.7. The van der Waals surface area contributed by atoms with E-state index in [2.05, 4.69) is 22.5 Å². The molecule has 2 saturated heterocycles. The SMILES string of the molecule is C#Cc1c(F)ccc2cccc(-c3ncc4c(N(C)[C@@H]5CCN(C(=O)C=C)[C@@H]5C)nc(OCC56C[C@H](F)CC5CN(C(C)=O)C6)nc4c3F)c12. The Morgan fingerprint density at radius 1 is 1.24 bits per heavy atom. The standard InChI is InChI=1S/C38H37F3N6O3/c1-6-26-29(40)12-11-23-9-8-10-27(32(23)26)34-33(41)35-28(17-42-34)36(45(5)30-13-14-47(21(30)3)31(49)7-2)44-37(43-35)50-20-38-16-25(39)15-24(38)18-46(19-38)22(4)48/h1,7-12,17,21,24-25,30H,2,13-16,18-20H2,3-5H3/t21-,24?,25-,30-,38?/m1/s1. The van der Waals surface area contributed by atoms with Crippen molar-refractivity contribution >= 4 is 39.3 Å². The number of carbonyl (C=O) groups excluding carboxylic acids is 2. The van der Waals surface area contributed by atoms with Gasteiger partial charge < -0.3 is 19.4 Å². The molecule has 0 bridgehead atoms. The number of fused-ring (bicyclic) bond motifs is 3. The second-order valence-electron chi connectivity index (χ2n) is 13.7. The van der Waals surface area contributed by atoms with Gasteiger partial charge in [0.2, 0.25) is 11.8 Å². The van der Waals surface area contributed by atoms with Crippen LogP contribution in [0, 0.1) is 35.3 Å². The molecule has 1 aliphatic carbocycles. The maximum absolute atomic E-state index is 16.9. The number of alkyl halides is 1. The van der Waals surface area contributed by atoms with Crippen LogP contribution in [-0.4, -0.2) is 88.1 Å². The van der Waals surface area contributed by atoms with Crippen LogP contribution in [0.2, 0.25) is 0 Å². The molecule has 4 aromatic rings. The Kier molecular flexibility index (Phi) is 8.40. The second kappa shape index (κ2) is 12.6. The minimum atomic E-state index is -1.02. The third kappa shape index (κ3) is 5.39. The highest BCUT2D eigenvalue weighted by Crippen LogP contribution is 2.50. The van der Waals surface area contributed by atoms with Crippen LogP contribution in [0.1, 0.15) is 38.7 Å². The molecular weight excluding hydrogens is 645 g/mol. The van der Waals surface area contributed by atoms with Crippen LogP contribution in [-0.2, 0) is 9.59 Å². The topological polar surface area (TPSA) is 91.8 Å². The molecule has 3 fully saturated rings. The number of anilines is 1. The minimum Gasteiger partial charge on any atom is -0.463 e. The van der Waals surface area contributed by atoms with Gasteiger partial charge in [-0.2, -0.15) is 9.97 Å². The van der Waals surface area contributed by atoms with E-state index in [0.717, 1.165) is 0 Å². The highest BCUT2D eigenvalue weighted by Gasteiger charge is 2.54. The van der Waals surface area contributed by atoms with Crippen LogP contribution in [0.3, 0.4) is 0 Å². The largest absolute Gasteiger partial charge is 0.463 e. The number of likely N-dealkylation sites (N-methyl/N-ethyl adjacent to an activating group) is 1. The molecule has 2 aromatic heterocycles. The Bertz CT molecular complexity index is 2100. The predicted octanol–water partition coefficient (Wildman–Crippen LogP) is 5.69. The van der Waals surface area contributed by atoms with Gasteiger partial charge in [0.25, 0.3) is 0 Å². The van der Waals surface area contributed by atoms with Crippen molar-refractivity contribution < 1.29 is 27.5 Å². The Hall–Kier alpha value is -5.18. The molecule has 9 nitrogen and oxygen atoms in total. The van der Waals surface area contributed by atoms with Crippen LogP contribution < -0.4 is 9.64 Å². The van der Waals surface area contributed by atoms with E-state index in [1.54, 1.807) is 34.1 Å². The lowest BCUT2D eigenvalue weighted by Gasteiger charge is -2.32. The fourth-order valence-electron chi connectivity index (χ4n) is 8.35. The first kappa shape index (κ1) is 33.3. The average Bonchev–Trinajstić information content (AvgIpc) is 3.76. The maximum Gasteiger partial charge on any atom is 0.319 e. The summed E-state index contributed by atoms with van der Waals surface area (Å²) < 4.78 is 52.8. The number of terminal acetylenes is 1. The van der Waals surface area contributed by atoms with Crippen molar-refractivity contribution in [3.8, 4) is 29.6 Å². The van der Waals surface area contributed by atoms with E-state index in [-0.39, 0.29) is 65.6 Å². The van der Waals surface area contributed by atoms with Gasteiger partial charge in [0.1, 0.15) is 29.0 Å². The third-order valence-corrected chi connectivity index (χ3v) is 11.0. The summed E-state index contributed by atoms with van der Waals surface area (Å²) in [5.74, 6) is 0.976. The first-order chi connectivity index (χ1) is 24.0. The number of ether oxygens (including phenoxy) is 1. The van der Waals surface area contributed by atoms with Crippen LogP contribution in [0.5, 0.6) is 6.01 Å². The monoisotopic (exact) mass is 682 g/mol. The van der Waals surface area contributed by atoms with Gasteiger partial charge in [0.15, 0.2) is 5.82 Å². The van der Waals surface area contributed by atoms with E-state index < -0.39 is 23.2 Å². The number of carbonyl (C=O) groups is 2. The Labute approximate surface area is 288 Å². The predicted molar refractivity (Wildman–Crippen MR) is 184 cm³/mol. The minimum absolute atomic E-state index is 0.00640. The number of pyridine rings is 1. The van der Waals surface area contributed by atoms with Gasteiger partial charge in [0, 0.05) is 62.2 Å². The zero-order valence-corrected chi connectivity index (χ0v) is 28.1. The number of hydrogen-bond acceptors (Lipinski definition) is 7. The highest BCUT2D eigenvalue weighted by atomic mass is 19.1. The zero-order chi connectivity index (χ0) is 35.5. The summed E-state index contributed by atoms with van der Waals surface area (Å²) in [5.41, 5.74) is -0.508. The van der Waals surface area contributed by atoms with E-state index in [4.69, 9.17) is 16.1 Å². The first-order valence-electron chi connectivity index (χ1n) is 16.7. The van der Waals surface area contributed by atoms with Crippen molar-refractivity contribution in [3.63, 3.8) is 0 Å². The number of hydrogen-bond donors (Lipinski definition) is 0. The lowest BCUT2D eigenvalue weighted by atomic mass is 9.81. The van der Waals surface area contributed by atoms with Crippen molar-refractivity contribution in [2.24, 2.45) is 11.3 Å². The fourth-order valence-corrected chi connectivity index (χ4v) is 8.35. The summed E-state index contributed by atoms with van der Waals surface area (Å²) >= 11 is 0. The molecule has 4 heterocycles. The Morgan fingerprint density at radius 2 is 2.04 bits per heavy atom. The third-order valence-electron chi connectivity index (χ3n) is 11.0. The van der Waals surface area contributed by atoms with E-state index >= 15 is 4.39 Å². The normalized spacial score (nSPS) is 24.4. The van der Waals surface area contributed by atoms with E-state index in [0.29, 0.717) is 60.0 Å². The van der Waals surface area contributed by atoms with Gasteiger partial charge in [-0.15, -0.1) is 6.42 Å². The number of amides is 2. The molecular formula is C38H37F3N6O3. The van der Waals surface area contributed by atoms with Gasteiger partial charge in [-0.25, -0.2) is 13.2 Å². The van der Waals surface area contributed by atoms with Crippen LogP contribution in [0.25, 0.3) is 32.9 Å². The number of halogens is 3. The summed E-state index contributed by atoms with van der Waals surface area (Å²) in [7, 11) is 1.81. The number of nitrogens with zero attached hydrogens (tertiary/aromatic N) is 6. The molecule has 1 saturated carbocycles. The Balaban J connectivity index is 1.35. The van der Waals surface area contributed by atoms with Crippen LogP contribution >= 0.6 is 0 Å². The van der Waals surface area contributed by atoms with E-state index in [1.165, 1.54) is 25.3 Å². The van der Waals surface area contributed by atoms with E-state index in [1.807, 2.05) is 18.9 Å². The first-order valence-corrected chi connectivity index (χ1v) is 16.7. The molecule has 2 aromatic carbocycles. The van der Waals surface area contributed by atoms with Gasteiger partial charge in [-0.1, -0.05) is 36.8 Å². The molecule has 0 radical (unpaired) electrons. The zero-order valence-electron chi connectivity index (χ0n) is 28.1. The summed E-state index contributed by atoms with van der Waals surface area (Å²) in [5, 5.41) is 1.26. The van der Waals surface area contributed by atoms with Crippen molar-refractivity contribution in [1.29, 1.82) is 0 Å². The van der Waals surface area contributed by atoms with Crippen LogP contribution in [0.15, 0.2) is 49.2 Å². The molecule has 7 rings (SSSR count). The van der Waals surface area contributed by atoms with Gasteiger partial charge in [0.05, 0.1) is 23.6 Å². The summed E-state index contributed by atoms with van der Waals surface area (Å²) in [6.45, 7) is 8.38. The summed E-state index contributed by atoms with van der Waals surface area (Å²) in [6.07, 6.45) is 8.62. The molecule has 5 atom stereocenters. The Morgan fingerprint density at radius 3 is 2.78 bits per heavy atom. The highest BCUT2D eigenvalue weighted by molar-refractivity contribution is 6.02. The lowest BCUT2D eigenvalue weighted by Crippen LogP contribution is -2.43. The molecule has 2 aliphatic heterocycles. The van der Waals surface area contributed by atoms with Gasteiger partial charge >= 0.3 is 6.01 Å². The molecule has 2 unspecified atom stereocenters. The molecule has 12 heteroatoms. The molecule has 3 aliphatic rings. The number of aromatic nitrogens is 3. The summed E-state index contributed by atoms with van der Waals surface area (Å²) in [4.78, 5) is 44.0. The number of rotatable bonds is 7. The van der Waals surface area contributed by atoms with Crippen molar-refractivity contribution in [3.05, 3.63) is 66.4 Å². The quantitative estimate of drug-likeness (QED) is 0.183. The molecule has 2 amide bonds. The van der Waals surface area contributed by atoms with Gasteiger partial charge in [-0.3, -0.25) is 14.6 Å². The van der Waals surface area contributed by atoms with Crippen molar-refractivity contribution in [2.45, 2.75) is 51.4 Å². The average molecular weight is 683 g/mol. The summed E-state index contributed by atoms with van der Waals surface area (Å²) in [6, 6.07) is 7.42. The number of benzene rings is 2. The van der Waals surface area contributed by atoms with Gasteiger partial charge in [-0.05, 0) is 49.6 Å². The molecule has 0 spiro atoms. The molecule has 0 N–H and O–H groups in total. The van der Waals surface area contributed by atoms with E-state index in [9.17, 15) is 18.4 Å². The van der Waals surface area contributed by atoms with Crippen molar-refractivity contribution in [1.82, 2.24) is 24.8 Å². The van der Waals surface area contributed by atoms with Crippen LogP contribution in [0.4, 0.5) is 19.0 Å². The number of likely N-dealkylation sites (tertiary alicyclic amines) is 2. The maximum atomic E-state index is 16.9. The smallest absolute Gasteiger partial charge is 0.319 e. The molecule has 50 heavy (non-hydrogen) atoms.